The zero-order valence-corrected chi connectivity index (χ0v) is 11.9. The van der Waals surface area contributed by atoms with E-state index in [0.717, 1.165) is 38.5 Å². The van der Waals surface area contributed by atoms with Crippen LogP contribution in [0.15, 0.2) is 0 Å². The molecule has 0 spiro atoms. The van der Waals surface area contributed by atoms with E-state index in [1.54, 1.807) is 0 Å². The molecular weight excluding hydrogens is 270 g/mol. The molecule has 0 aliphatic rings. The molecule has 0 aliphatic heterocycles. The Morgan fingerprint density at radius 3 is 1.95 bits per heavy atom. The number of unbranched alkanes of at least 4 members (excludes halogenated alkanes) is 5. The maximum absolute atomic E-state index is 11.0. The molecule has 2 atom stereocenters. The summed E-state index contributed by atoms with van der Waals surface area (Å²) in [6.45, 7) is 0. The second-order valence-electron chi connectivity index (χ2n) is 4.81. The molecule has 0 aromatic heterocycles. The van der Waals surface area contributed by atoms with Gasteiger partial charge >= 0.3 is 11.9 Å². The number of carboxylic acids is 2. The first-order valence-electron chi connectivity index (χ1n) is 6.76. The van der Waals surface area contributed by atoms with Crippen LogP contribution in [-0.2, 0) is 9.59 Å². The van der Waals surface area contributed by atoms with Crippen LogP contribution in [0.1, 0.15) is 51.4 Å². The third-order valence-electron chi connectivity index (χ3n) is 3.14. The molecular formula is C13H24ClNO4. The molecule has 0 radical (unpaired) electrons. The van der Waals surface area contributed by atoms with Gasteiger partial charge in [-0.05, 0) is 19.3 Å². The number of aliphatic carboxylic acids is 2. The summed E-state index contributed by atoms with van der Waals surface area (Å²) in [5, 5.41) is 17.7. The lowest BCUT2D eigenvalue weighted by Crippen LogP contribution is -2.34. The zero-order chi connectivity index (χ0) is 14.7. The lowest BCUT2D eigenvalue weighted by atomic mass is 9.94. The van der Waals surface area contributed by atoms with Crippen molar-refractivity contribution in [2.45, 2.75) is 57.4 Å². The van der Waals surface area contributed by atoms with Gasteiger partial charge in [-0.25, -0.2) is 0 Å². The standard InChI is InChI=1S/C13H24ClNO4/c14-8-6-4-2-1-3-5-7-10(12(16)17)9-11(15)13(18)19/h10-11H,1-9,15H2,(H,16,17)(H,18,19)/t10?,11-/m0/s1. The van der Waals surface area contributed by atoms with Gasteiger partial charge in [0.2, 0.25) is 0 Å². The fourth-order valence-electron chi connectivity index (χ4n) is 1.94. The zero-order valence-electron chi connectivity index (χ0n) is 11.2. The molecule has 0 bridgehead atoms. The van der Waals surface area contributed by atoms with Crippen molar-refractivity contribution in [1.82, 2.24) is 0 Å². The second-order valence-corrected chi connectivity index (χ2v) is 5.19. The summed E-state index contributed by atoms with van der Waals surface area (Å²) in [6, 6.07) is -1.09. The van der Waals surface area contributed by atoms with Gasteiger partial charge in [-0.3, -0.25) is 9.59 Å². The highest BCUT2D eigenvalue weighted by Crippen LogP contribution is 2.17. The number of alkyl halides is 1. The predicted octanol–water partition coefficient (Wildman–Crippen LogP) is 2.46. The number of halogens is 1. The Hall–Kier alpha value is -0.810. The number of rotatable bonds is 12. The average Bonchev–Trinajstić information content (AvgIpc) is 2.35. The van der Waals surface area contributed by atoms with E-state index in [9.17, 15) is 9.59 Å². The van der Waals surface area contributed by atoms with Gasteiger partial charge in [0.1, 0.15) is 6.04 Å². The topological polar surface area (TPSA) is 101 Å². The normalized spacial score (nSPS) is 14.0. The van der Waals surface area contributed by atoms with Crippen LogP contribution >= 0.6 is 11.6 Å². The molecule has 0 amide bonds. The first-order valence-corrected chi connectivity index (χ1v) is 7.29. The fraction of sp³-hybridized carbons (Fsp3) is 0.846. The summed E-state index contributed by atoms with van der Waals surface area (Å²) in [7, 11) is 0. The van der Waals surface area contributed by atoms with Crippen molar-refractivity contribution in [3.63, 3.8) is 0 Å². The molecule has 0 saturated carbocycles. The van der Waals surface area contributed by atoms with Crippen LogP contribution in [0.3, 0.4) is 0 Å². The van der Waals surface area contributed by atoms with E-state index in [1.165, 1.54) is 0 Å². The van der Waals surface area contributed by atoms with Crippen LogP contribution in [0.4, 0.5) is 0 Å². The van der Waals surface area contributed by atoms with Gasteiger partial charge in [0.05, 0.1) is 5.92 Å². The monoisotopic (exact) mass is 293 g/mol. The van der Waals surface area contributed by atoms with Gasteiger partial charge in [-0.1, -0.05) is 32.1 Å². The summed E-state index contributed by atoms with van der Waals surface area (Å²) in [6.07, 6.45) is 6.55. The first-order chi connectivity index (χ1) is 8.99. The Balaban J connectivity index is 3.77. The van der Waals surface area contributed by atoms with Crippen molar-refractivity contribution >= 4 is 23.5 Å². The summed E-state index contributed by atoms with van der Waals surface area (Å²) < 4.78 is 0. The van der Waals surface area contributed by atoms with E-state index in [2.05, 4.69) is 0 Å². The van der Waals surface area contributed by atoms with Crippen molar-refractivity contribution in [2.75, 3.05) is 5.88 Å². The van der Waals surface area contributed by atoms with Crippen molar-refractivity contribution in [2.24, 2.45) is 11.7 Å². The molecule has 6 heteroatoms. The average molecular weight is 294 g/mol. The fourth-order valence-corrected chi connectivity index (χ4v) is 2.13. The van der Waals surface area contributed by atoms with Gasteiger partial charge in [0.25, 0.3) is 0 Å². The lowest BCUT2D eigenvalue weighted by molar-refractivity contribution is -0.143. The summed E-state index contributed by atoms with van der Waals surface area (Å²) in [5.41, 5.74) is 5.37. The number of hydrogen-bond donors (Lipinski definition) is 3. The highest BCUT2D eigenvalue weighted by Gasteiger charge is 2.23. The maximum Gasteiger partial charge on any atom is 0.320 e. The van der Waals surface area contributed by atoms with E-state index in [4.69, 9.17) is 27.5 Å². The summed E-state index contributed by atoms with van der Waals surface area (Å²) >= 11 is 5.57. The van der Waals surface area contributed by atoms with Crippen LogP contribution < -0.4 is 5.73 Å². The Bertz CT molecular complexity index is 273. The number of carbonyl (C=O) groups is 2. The lowest BCUT2D eigenvalue weighted by Gasteiger charge is -2.14. The third kappa shape index (κ3) is 9.73. The molecule has 19 heavy (non-hydrogen) atoms. The first kappa shape index (κ1) is 18.2. The summed E-state index contributed by atoms with van der Waals surface area (Å²) in [5.74, 6) is -2.08. The largest absolute Gasteiger partial charge is 0.481 e. The van der Waals surface area contributed by atoms with E-state index in [0.29, 0.717) is 12.3 Å². The maximum atomic E-state index is 11.0. The molecule has 0 rings (SSSR count). The van der Waals surface area contributed by atoms with E-state index >= 15 is 0 Å². The molecule has 0 saturated heterocycles. The van der Waals surface area contributed by atoms with Gasteiger partial charge < -0.3 is 15.9 Å². The molecule has 0 aromatic rings. The minimum absolute atomic E-state index is 0.00306. The Morgan fingerprint density at radius 2 is 1.47 bits per heavy atom. The quantitative estimate of drug-likeness (QED) is 0.379. The smallest absolute Gasteiger partial charge is 0.320 e. The number of carboxylic acid groups (broad SMARTS) is 2. The molecule has 0 fully saturated rings. The summed E-state index contributed by atoms with van der Waals surface area (Å²) in [4.78, 5) is 21.6. The molecule has 1 unspecified atom stereocenters. The van der Waals surface area contributed by atoms with Crippen LogP contribution in [0, 0.1) is 5.92 Å². The van der Waals surface area contributed by atoms with E-state index in [-0.39, 0.29) is 6.42 Å². The van der Waals surface area contributed by atoms with E-state index in [1.807, 2.05) is 0 Å². The van der Waals surface area contributed by atoms with Gasteiger partial charge in [-0.15, -0.1) is 11.6 Å². The van der Waals surface area contributed by atoms with Crippen molar-refractivity contribution in [3.05, 3.63) is 0 Å². The minimum Gasteiger partial charge on any atom is -0.481 e. The van der Waals surface area contributed by atoms with Gasteiger partial charge in [0.15, 0.2) is 0 Å². The molecule has 0 heterocycles. The highest BCUT2D eigenvalue weighted by molar-refractivity contribution is 6.17. The highest BCUT2D eigenvalue weighted by atomic mass is 35.5. The Labute approximate surface area is 119 Å². The SMILES string of the molecule is N[C@@H](CC(CCCCCCCCCl)C(=O)O)C(=O)O. The van der Waals surface area contributed by atoms with Crippen LogP contribution in [0.5, 0.6) is 0 Å². The van der Waals surface area contributed by atoms with Crippen LogP contribution in [0.2, 0.25) is 0 Å². The van der Waals surface area contributed by atoms with Crippen LogP contribution in [-0.4, -0.2) is 34.1 Å². The molecule has 112 valence electrons. The minimum atomic E-state index is -1.15. The molecule has 5 nitrogen and oxygen atoms in total. The molecule has 0 aromatic carbocycles. The van der Waals surface area contributed by atoms with Crippen molar-refractivity contribution in [1.29, 1.82) is 0 Å². The number of hydrogen-bond acceptors (Lipinski definition) is 3. The van der Waals surface area contributed by atoms with Gasteiger partial charge in [-0.2, -0.15) is 0 Å². The molecule has 4 N–H and O–H groups in total. The third-order valence-corrected chi connectivity index (χ3v) is 3.41. The van der Waals surface area contributed by atoms with E-state index < -0.39 is 23.9 Å². The Kier molecular flexibility index (Phi) is 10.6. The Morgan fingerprint density at radius 1 is 0.947 bits per heavy atom. The second kappa shape index (κ2) is 11.1. The van der Waals surface area contributed by atoms with Crippen LogP contribution in [0.25, 0.3) is 0 Å². The molecule has 0 aliphatic carbocycles. The van der Waals surface area contributed by atoms with Crippen molar-refractivity contribution < 1.29 is 19.8 Å². The van der Waals surface area contributed by atoms with Crippen molar-refractivity contribution in [3.8, 4) is 0 Å². The number of nitrogens with two attached hydrogens (primary N) is 1. The van der Waals surface area contributed by atoms with Gasteiger partial charge in [0, 0.05) is 5.88 Å². The predicted molar refractivity (Wildman–Crippen MR) is 74.4 cm³/mol.